The number of quaternary nitrogens is 1. The monoisotopic (exact) mass is 325 g/mol. The zero-order valence-electron chi connectivity index (χ0n) is 14.1. The molecule has 0 heterocycles. The van der Waals surface area contributed by atoms with E-state index in [1.165, 1.54) is 90.1 Å². The van der Waals surface area contributed by atoms with Gasteiger partial charge in [0, 0.05) is 0 Å². The van der Waals surface area contributed by atoms with Crippen molar-refractivity contribution < 1.29 is 30.1 Å². The molecule has 0 bridgehead atoms. The fourth-order valence-corrected chi connectivity index (χ4v) is 2.28. The van der Waals surface area contributed by atoms with E-state index in [1.807, 2.05) is 0 Å². The van der Waals surface area contributed by atoms with E-state index in [-0.39, 0.29) is 0 Å². The Morgan fingerprint density at radius 2 is 0.857 bits per heavy atom. The van der Waals surface area contributed by atoms with Crippen molar-refractivity contribution in [2.45, 2.75) is 90.9 Å². The van der Waals surface area contributed by atoms with Crippen molar-refractivity contribution >= 4 is 0 Å². The molecule has 2 N–H and O–H groups in total. The van der Waals surface area contributed by atoms with Crippen molar-refractivity contribution in [3.8, 4) is 0 Å². The first kappa shape index (κ1) is 23.4. The van der Waals surface area contributed by atoms with E-state index in [4.69, 9.17) is 14.0 Å². The summed E-state index contributed by atoms with van der Waals surface area (Å²) in [6.07, 6.45) is 17.2. The minimum atomic E-state index is -2.85. The van der Waals surface area contributed by atoms with Crippen molar-refractivity contribution in [2.75, 3.05) is 13.1 Å². The molecular formula is C16H36ClNO3. The molecule has 21 heavy (non-hydrogen) atoms. The Kier molecular flexibility index (Phi) is 25.0. The van der Waals surface area contributed by atoms with Gasteiger partial charge in [0.25, 0.3) is 0 Å². The summed E-state index contributed by atoms with van der Waals surface area (Å²) in [5, 5.41) is 2.53. The summed E-state index contributed by atoms with van der Waals surface area (Å²) in [6, 6.07) is 0. The first-order valence-corrected chi connectivity index (χ1v) is 9.62. The summed E-state index contributed by atoms with van der Waals surface area (Å²) in [7, 11) is -2.85. The van der Waals surface area contributed by atoms with Gasteiger partial charge in [-0.2, -0.15) is 0 Å². The molecule has 0 aromatic rings. The van der Waals surface area contributed by atoms with Crippen LogP contribution >= 0.6 is 0 Å². The lowest BCUT2D eigenvalue weighted by molar-refractivity contribution is -1.73. The second kappa shape index (κ2) is 22.4. The van der Waals surface area contributed by atoms with Gasteiger partial charge in [-0.1, -0.05) is 65.2 Å². The first-order chi connectivity index (χ1) is 10.1. The fourth-order valence-electron chi connectivity index (χ4n) is 2.28. The maximum Gasteiger partial charge on any atom is 0.0755 e. The summed E-state index contributed by atoms with van der Waals surface area (Å²) in [4.78, 5) is 0. The van der Waals surface area contributed by atoms with Crippen LogP contribution in [0, 0.1) is 10.8 Å². The fraction of sp³-hybridized carbons (Fsp3) is 1.00. The predicted molar refractivity (Wildman–Crippen MR) is 78.4 cm³/mol. The Balaban J connectivity index is 0. The maximum absolute atomic E-state index is 8.41. The van der Waals surface area contributed by atoms with Crippen LogP contribution in [0.25, 0.3) is 0 Å². The molecule has 0 saturated heterocycles. The number of halogens is 1. The van der Waals surface area contributed by atoms with Crippen molar-refractivity contribution in [3.05, 3.63) is 0 Å². The molecule has 0 aliphatic heterocycles. The van der Waals surface area contributed by atoms with E-state index in [0.717, 1.165) is 0 Å². The van der Waals surface area contributed by atoms with Crippen LogP contribution < -0.4 is 19.3 Å². The number of hydrogen-bond donors (Lipinski definition) is 1. The lowest BCUT2D eigenvalue weighted by atomic mass is 10.1. The van der Waals surface area contributed by atoms with Gasteiger partial charge in [0.2, 0.25) is 0 Å². The largest absolute Gasteiger partial charge is 0.357 e. The van der Waals surface area contributed by atoms with Gasteiger partial charge in [0.05, 0.1) is 23.9 Å². The third-order valence-corrected chi connectivity index (χ3v) is 3.52. The van der Waals surface area contributed by atoms with E-state index in [0.29, 0.717) is 0 Å². The van der Waals surface area contributed by atoms with Crippen molar-refractivity contribution in [1.82, 2.24) is 0 Å². The summed E-state index contributed by atoms with van der Waals surface area (Å²) >= 11 is 0. The van der Waals surface area contributed by atoms with Gasteiger partial charge >= 0.3 is 0 Å². The standard InChI is InChI=1S/C16H35N.ClO3/c1-3-5-7-9-11-13-15-17-16-14-12-10-8-6-4-2;2-1(3)4/h17H,3-16H2,1-2H3;/q;-1/p+1. The topological polar surface area (TPSA) is 85.8 Å². The minimum absolute atomic E-state index is 1.36. The third-order valence-electron chi connectivity index (χ3n) is 3.52. The van der Waals surface area contributed by atoms with Crippen LogP contribution in [-0.2, 0) is 0 Å². The molecule has 5 heteroatoms. The Labute approximate surface area is 134 Å². The normalized spacial score (nSPS) is 10.6. The molecule has 4 nitrogen and oxygen atoms in total. The van der Waals surface area contributed by atoms with Gasteiger partial charge in [-0.25, -0.2) is 0 Å². The molecule has 0 unspecified atom stereocenters. The van der Waals surface area contributed by atoms with E-state index in [9.17, 15) is 0 Å². The number of hydrogen-bond acceptors (Lipinski definition) is 3. The van der Waals surface area contributed by atoms with Gasteiger partial charge < -0.3 is 19.3 Å². The summed E-state index contributed by atoms with van der Waals surface area (Å²) in [5.74, 6) is 0. The quantitative estimate of drug-likeness (QED) is 0.477. The van der Waals surface area contributed by atoms with Crippen LogP contribution in [-0.4, -0.2) is 13.1 Å². The van der Waals surface area contributed by atoms with Crippen molar-refractivity contribution in [1.29, 1.82) is 0 Å². The molecule has 0 fully saturated rings. The zero-order valence-corrected chi connectivity index (χ0v) is 14.8. The Morgan fingerprint density at radius 3 is 1.19 bits per heavy atom. The molecule has 0 rings (SSSR count). The second-order valence-corrected chi connectivity index (χ2v) is 5.97. The molecule has 130 valence electrons. The molecule has 0 atom stereocenters. The van der Waals surface area contributed by atoms with Crippen LogP contribution in [0.4, 0.5) is 0 Å². The van der Waals surface area contributed by atoms with Crippen molar-refractivity contribution in [2.24, 2.45) is 0 Å². The van der Waals surface area contributed by atoms with Gasteiger partial charge in [0.1, 0.15) is 0 Å². The van der Waals surface area contributed by atoms with E-state index in [1.54, 1.807) is 0 Å². The van der Waals surface area contributed by atoms with E-state index < -0.39 is 10.8 Å². The van der Waals surface area contributed by atoms with Crippen LogP contribution in [0.15, 0.2) is 0 Å². The molecule has 0 saturated carbocycles. The molecule has 0 aromatic carbocycles. The maximum atomic E-state index is 8.41. The van der Waals surface area contributed by atoms with Gasteiger partial charge in [-0.3, -0.25) is 0 Å². The molecule has 0 aliphatic rings. The average molecular weight is 326 g/mol. The van der Waals surface area contributed by atoms with Crippen LogP contribution in [0.3, 0.4) is 0 Å². The molecule has 0 radical (unpaired) electrons. The van der Waals surface area contributed by atoms with Crippen LogP contribution in [0.5, 0.6) is 0 Å². The summed E-state index contributed by atoms with van der Waals surface area (Å²) in [5.41, 5.74) is 0. The first-order valence-electron chi connectivity index (χ1n) is 8.69. The predicted octanol–water partition coefficient (Wildman–Crippen LogP) is 0.704. The van der Waals surface area contributed by atoms with Crippen LogP contribution in [0.1, 0.15) is 90.9 Å². The second-order valence-electron chi connectivity index (χ2n) is 5.59. The Bertz CT molecular complexity index is 155. The zero-order chi connectivity index (χ0) is 16.2. The molecule has 0 aliphatic carbocycles. The highest BCUT2D eigenvalue weighted by Gasteiger charge is 1.94. The van der Waals surface area contributed by atoms with Gasteiger partial charge in [-0.15, -0.1) is 0 Å². The summed E-state index contributed by atoms with van der Waals surface area (Å²) < 4.78 is 25.2. The Hall–Kier alpha value is 0.130. The molecule has 0 amide bonds. The van der Waals surface area contributed by atoms with Crippen LogP contribution in [0.2, 0.25) is 0 Å². The highest BCUT2D eigenvalue weighted by Crippen LogP contribution is 2.04. The highest BCUT2D eigenvalue weighted by atomic mass is 35.6. The SMILES string of the molecule is CCCCCCCC[NH2+]CCCCCCCC.[O-][Cl+2]([O-])[O-]. The minimum Gasteiger partial charge on any atom is -0.357 e. The highest BCUT2D eigenvalue weighted by molar-refractivity contribution is 4.43. The summed E-state index contributed by atoms with van der Waals surface area (Å²) in [6.45, 7) is 7.30. The molecular weight excluding hydrogens is 290 g/mol. The number of rotatable bonds is 14. The van der Waals surface area contributed by atoms with Crippen molar-refractivity contribution in [3.63, 3.8) is 0 Å². The van der Waals surface area contributed by atoms with E-state index >= 15 is 0 Å². The van der Waals surface area contributed by atoms with E-state index in [2.05, 4.69) is 19.2 Å². The lowest BCUT2D eigenvalue weighted by Gasteiger charge is -2.02. The third kappa shape index (κ3) is 33.1. The number of nitrogens with two attached hydrogens (primary N) is 1. The average Bonchev–Trinajstić information content (AvgIpc) is 2.43. The number of unbranched alkanes of at least 4 members (excludes halogenated alkanes) is 10. The molecule has 0 spiro atoms. The Morgan fingerprint density at radius 1 is 0.571 bits per heavy atom. The lowest BCUT2D eigenvalue weighted by Crippen LogP contribution is -2.84. The van der Waals surface area contributed by atoms with Gasteiger partial charge in [-0.05, 0) is 25.7 Å². The smallest absolute Gasteiger partial charge is 0.0755 e. The molecule has 0 aromatic heterocycles. The van der Waals surface area contributed by atoms with Gasteiger partial charge in [0.15, 0.2) is 0 Å².